The highest BCUT2D eigenvalue weighted by Crippen LogP contribution is 2.38. The number of benzene rings is 2. The summed E-state index contributed by atoms with van der Waals surface area (Å²) in [6.07, 6.45) is 2.10. The third-order valence-electron chi connectivity index (χ3n) is 5.79. The summed E-state index contributed by atoms with van der Waals surface area (Å²) in [7, 11) is 3.30. The molecule has 0 saturated carbocycles. The topological polar surface area (TPSA) is 72.7 Å². The van der Waals surface area contributed by atoms with Gasteiger partial charge in [-0.15, -0.1) is 0 Å². The SMILES string of the molecule is CCCCN1C(=S)NC(c2ccc(OC)cc2)C(c2nc(-c3ccc(OC)cc3)no2)=C1C. The molecule has 1 aromatic heterocycles. The van der Waals surface area contributed by atoms with E-state index < -0.39 is 0 Å². The zero-order valence-corrected chi connectivity index (χ0v) is 20.1. The molecule has 3 aromatic rings. The van der Waals surface area contributed by atoms with Crippen molar-refractivity contribution in [1.29, 1.82) is 0 Å². The quantitative estimate of drug-likeness (QED) is 0.455. The number of methoxy groups -OCH3 is 2. The molecule has 0 bridgehead atoms. The van der Waals surface area contributed by atoms with E-state index in [0.717, 1.165) is 53.3 Å². The molecular weight excluding hydrogens is 436 g/mol. The highest BCUT2D eigenvalue weighted by molar-refractivity contribution is 7.80. The zero-order valence-electron chi connectivity index (χ0n) is 19.3. The number of nitrogens with zero attached hydrogens (tertiary/aromatic N) is 3. The molecule has 1 unspecified atom stereocenters. The molecule has 1 N–H and O–H groups in total. The number of unbranched alkanes of at least 4 members (excludes halogenated alkanes) is 1. The molecule has 0 fully saturated rings. The minimum atomic E-state index is -0.217. The van der Waals surface area contributed by atoms with Crippen LogP contribution in [-0.2, 0) is 0 Å². The number of allylic oxidation sites excluding steroid dienone is 1. The Balaban J connectivity index is 1.76. The predicted molar refractivity (Wildman–Crippen MR) is 132 cm³/mol. The van der Waals surface area contributed by atoms with Gasteiger partial charge in [-0.1, -0.05) is 30.6 Å². The number of rotatable bonds is 8. The van der Waals surface area contributed by atoms with Gasteiger partial charge in [0.1, 0.15) is 11.5 Å². The average Bonchev–Trinajstić information content (AvgIpc) is 3.33. The average molecular weight is 465 g/mol. The summed E-state index contributed by atoms with van der Waals surface area (Å²) in [4.78, 5) is 6.86. The van der Waals surface area contributed by atoms with Gasteiger partial charge in [0.15, 0.2) is 5.11 Å². The van der Waals surface area contributed by atoms with Gasteiger partial charge in [0.2, 0.25) is 5.82 Å². The smallest absolute Gasteiger partial charge is 0.258 e. The summed E-state index contributed by atoms with van der Waals surface area (Å²) in [6, 6.07) is 15.3. The van der Waals surface area contributed by atoms with Gasteiger partial charge >= 0.3 is 0 Å². The second-order valence-corrected chi connectivity index (χ2v) is 8.20. The van der Waals surface area contributed by atoms with Crippen molar-refractivity contribution in [3.8, 4) is 22.9 Å². The highest BCUT2D eigenvalue weighted by atomic mass is 32.1. The molecule has 2 heterocycles. The van der Waals surface area contributed by atoms with Crippen LogP contribution in [0.3, 0.4) is 0 Å². The number of ether oxygens (including phenoxy) is 2. The van der Waals surface area contributed by atoms with Gasteiger partial charge in [-0.05, 0) is 67.5 Å². The molecule has 0 radical (unpaired) electrons. The Morgan fingerprint density at radius 3 is 2.27 bits per heavy atom. The second kappa shape index (κ2) is 10.0. The molecule has 172 valence electrons. The van der Waals surface area contributed by atoms with E-state index >= 15 is 0 Å². The van der Waals surface area contributed by atoms with E-state index in [1.807, 2.05) is 48.5 Å². The first-order valence-corrected chi connectivity index (χ1v) is 11.4. The zero-order chi connectivity index (χ0) is 23.4. The fourth-order valence-corrected chi connectivity index (χ4v) is 4.23. The number of hydrogen-bond acceptors (Lipinski definition) is 6. The first kappa shape index (κ1) is 22.8. The Morgan fingerprint density at radius 1 is 1.03 bits per heavy atom. The number of aromatic nitrogens is 2. The summed E-state index contributed by atoms with van der Waals surface area (Å²) in [5, 5.41) is 8.43. The molecule has 4 rings (SSSR count). The molecule has 33 heavy (non-hydrogen) atoms. The van der Waals surface area contributed by atoms with Crippen molar-refractivity contribution in [1.82, 2.24) is 20.4 Å². The van der Waals surface area contributed by atoms with E-state index in [1.54, 1.807) is 14.2 Å². The Morgan fingerprint density at radius 2 is 1.67 bits per heavy atom. The monoisotopic (exact) mass is 464 g/mol. The van der Waals surface area contributed by atoms with Gasteiger partial charge in [-0.2, -0.15) is 4.98 Å². The Labute approximate surface area is 199 Å². The van der Waals surface area contributed by atoms with Gasteiger partial charge < -0.3 is 24.2 Å². The second-order valence-electron chi connectivity index (χ2n) is 7.81. The van der Waals surface area contributed by atoms with E-state index in [1.165, 1.54) is 0 Å². The molecule has 0 aliphatic carbocycles. The lowest BCUT2D eigenvalue weighted by molar-refractivity contribution is 0.395. The normalized spacial score (nSPS) is 16.1. The van der Waals surface area contributed by atoms with Crippen LogP contribution in [0.25, 0.3) is 17.0 Å². The van der Waals surface area contributed by atoms with Crippen LogP contribution in [0.4, 0.5) is 0 Å². The van der Waals surface area contributed by atoms with Crippen LogP contribution in [0.15, 0.2) is 58.8 Å². The van der Waals surface area contributed by atoms with Crippen LogP contribution in [0.1, 0.15) is 44.2 Å². The van der Waals surface area contributed by atoms with E-state index in [4.69, 9.17) is 31.2 Å². The van der Waals surface area contributed by atoms with E-state index in [-0.39, 0.29) is 6.04 Å². The standard InChI is InChI=1S/C25H28N4O3S/c1-5-6-15-29-16(2)21(22(26-25(29)33)17-7-11-19(30-3)12-8-17)24-27-23(28-32-24)18-9-13-20(31-4)14-10-18/h7-14,22H,5-6,15H2,1-4H3,(H,26,33). The molecule has 1 aliphatic rings. The molecule has 8 heteroatoms. The Kier molecular flexibility index (Phi) is 6.93. The van der Waals surface area contributed by atoms with Crippen LogP contribution in [-0.4, -0.2) is 40.9 Å². The summed E-state index contributed by atoms with van der Waals surface area (Å²) in [6.45, 7) is 5.05. The van der Waals surface area contributed by atoms with E-state index in [0.29, 0.717) is 16.8 Å². The molecule has 0 spiro atoms. The maximum atomic E-state index is 5.79. The highest BCUT2D eigenvalue weighted by Gasteiger charge is 2.33. The summed E-state index contributed by atoms with van der Waals surface area (Å²) in [5.74, 6) is 2.56. The first-order chi connectivity index (χ1) is 16.0. The largest absolute Gasteiger partial charge is 0.497 e. The van der Waals surface area contributed by atoms with Crippen LogP contribution in [0.5, 0.6) is 11.5 Å². The van der Waals surface area contributed by atoms with Crippen molar-refractivity contribution >= 4 is 22.9 Å². The lowest BCUT2D eigenvalue weighted by atomic mass is 9.94. The third kappa shape index (κ3) is 4.71. The maximum absolute atomic E-state index is 5.79. The van der Waals surface area contributed by atoms with Gasteiger partial charge in [0.25, 0.3) is 5.89 Å². The fraction of sp³-hybridized carbons (Fsp3) is 0.320. The Bertz CT molecular complexity index is 1140. The number of nitrogens with one attached hydrogen (secondary N) is 1. The van der Waals surface area contributed by atoms with Crippen LogP contribution in [0.2, 0.25) is 0 Å². The molecular formula is C25H28N4O3S. The maximum Gasteiger partial charge on any atom is 0.258 e. The van der Waals surface area contributed by atoms with Crippen LogP contribution >= 0.6 is 12.2 Å². The summed E-state index contributed by atoms with van der Waals surface area (Å²) in [5.41, 5.74) is 3.81. The van der Waals surface area contributed by atoms with E-state index in [2.05, 4.69) is 29.2 Å². The van der Waals surface area contributed by atoms with Crippen molar-refractivity contribution in [3.05, 3.63) is 65.7 Å². The molecule has 0 amide bonds. The van der Waals surface area contributed by atoms with Crippen molar-refractivity contribution < 1.29 is 14.0 Å². The summed E-state index contributed by atoms with van der Waals surface area (Å²) >= 11 is 5.73. The van der Waals surface area contributed by atoms with Crippen molar-refractivity contribution in [2.24, 2.45) is 0 Å². The summed E-state index contributed by atoms with van der Waals surface area (Å²) < 4.78 is 16.4. The van der Waals surface area contributed by atoms with Gasteiger partial charge in [-0.25, -0.2) is 0 Å². The molecule has 2 aromatic carbocycles. The van der Waals surface area contributed by atoms with Gasteiger partial charge in [0.05, 0.1) is 25.8 Å². The fourth-order valence-electron chi connectivity index (χ4n) is 3.88. The number of thiocarbonyl (C=S) groups is 1. The minimum absolute atomic E-state index is 0.217. The number of hydrogen-bond donors (Lipinski definition) is 1. The molecule has 0 saturated heterocycles. The Hall–Kier alpha value is -3.39. The third-order valence-corrected chi connectivity index (χ3v) is 6.12. The predicted octanol–water partition coefficient (Wildman–Crippen LogP) is 5.22. The van der Waals surface area contributed by atoms with Crippen molar-refractivity contribution in [2.45, 2.75) is 32.7 Å². The molecule has 7 nitrogen and oxygen atoms in total. The van der Waals surface area contributed by atoms with Crippen LogP contribution in [0, 0.1) is 0 Å². The molecule has 1 atom stereocenters. The molecule has 1 aliphatic heterocycles. The van der Waals surface area contributed by atoms with Crippen LogP contribution < -0.4 is 14.8 Å². The lowest BCUT2D eigenvalue weighted by Gasteiger charge is -2.37. The van der Waals surface area contributed by atoms with Crippen molar-refractivity contribution in [2.75, 3.05) is 20.8 Å². The first-order valence-electron chi connectivity index (χ1n) is 11.0. The lowest BCUT2D eigenvalue weighted by Crippen LogP contribution is -2.46. The van der Waals surface area contributed by atoms with E-state index in [9.17, 15) is 0 Å². The minimum Gasteiger partial charge on any atom is -0.497 e. The van der Waals surface area contributed by atoms with Crippen molar-refractivity contribution in [3.63, 3.8) is 0 Å². The van der Waals surface area contributed by atoms with Gasteiger partial charge in [0, 0.05) is 17.8 Å². The van der Waals surface area contributed by atoms with Gasteiger partial charge in [-0.3, -0.25) is 0 Å².